The number of aliphatic carboxylic acids is 1. The maximum atomic E-state index is 12.4. The van der Waals surface area contributed by atoms with Gasteiger partial charge in [-0.2, -0.15) is 28.8 Å². The Labute approximate surface area is 118 Å². The van der Waals surface area contributed by atoms with Gasteiger partial charge in [0.05, 0.1) is 5.92 Å². The fourth-order valence-electron chi connectivity index (χ4n) is 2.51. The third-order valence-electron chi connectivity index (χ3n) is 3.91. The molecule has 0 aromatic rings. The van der Waals surface area contributed by atoms with Crippen molar-refractivity contribution in [3.8, 4) is 0 Å². The Balaban J connectivity index is 1.98. The van der Waals surface area contributed by atoms with Crippen LogP contribution in [0, 0.1) is 5.92 Å². The Morgan fingerprint density at radius 1 is 1.32 bits per heavy atom. The number of hydrogen-bond acceptors (Lipinski definition) is 4. The lowest BCUT2D eigenvalue weighted by Crippen LogP contribution is -2.49. The molecular weight excluding hydrogens is 288 g/mol. The Hall–Kier alpha value is -0.310. The van der Waals surface area contributed by atoms with Gasteiger partial charge in [-0.05, 0) is 25.0 Å². The van der Waals surface area contributed by atoms with E-state index >= 15 is 0 Å². The molecule has 0 spiro atoms. The highest BCUT2D eigenvalue weighted by molar-refractivity contribution is 7.99. The standard InChI is InChI=1S/C11H20N2O4S2/c1-12(10-4-7-18-8-10)19(16,17)13-5-2-9(3-6-13)11(14)15/h9-10H,2-8H2,1H3,(H,14,15). The van der Waals surface area contributed by atoms with Crippen LogP contribution < -0.4 is 0 Å². The molecule has 110 valence electrons. The summed E-state index contributed by atoms with van der Waals surface area (Å²) >= 11 is 1.78. The maximum absolute atomic E-state index is 12.4. The van der Waals surface area contributed by atoms with Crippen molar-refractivity contribution in [1.82, 2.24) is 8.61 Å². The summed E-state index contributed by atoms with van der Waals surface area (Å²) in [7, 11) is -1.80. The van der Waals surface area contributed by atoms with Gasteiger partial charge < -0.3 is 5.11 Å². The second-order valence-electron chi connectivity index (χ2n) is 5.05. The minimum absolute atomic E-state index is 0.0761. The molecule has 1 atom stereocenters. The van der Waals surface area contributed by atoms with Gasteiger partial charge in [-0.15, -0.1) is 0 Å². The van der Waals surface area contributed by atoms with Crippen LogP contribution in [0.1, 0.15) is 19.3 Å². The summed E-state index contributed by atoms with van der Waals surface area (Å²) in [6.07, 6.45) is 1.70. The molecule has 8 heteroatoms. The zero-order valence-electron chi connectivity index (χ0n) is 11.0. The number of thioether (sulfide) groups is 1. The van der Waals surface area contributed by atoms with Crippen LogP contribution in [-0.2, 0) is 15.0 Å². The largest absolute Gasteiger partial charge is 0.481 e. The van der Waals surface area contributed by atoms with Crippen LogP contribution >= 0.6 is 11.8 Å². The quantitative estimate of drug-likeness (QED) is 0.816. The number of hydrogen-bond donors (Lipinski definition) is 1. The van der Waals surface area contributed by atoms with Crippen LogP contribution in [0.5, 0.6) is 0 Å². The number of carbonyl (C=O) groups is 1. The van der Waals surface area contributed by atoms with Gasteiger partial charge in [-0.3, -0.25) is 4.79 Å². The van der Waals surface area contributed by atoms with E-state index in [9.17, 15) is 13.2 Å². The van der Waals surface area contributed by atoms with E-state index in [1.807, 2.05) is 0 Å². The van der Waals surface area contributed by atoms with Gasteiger partial charge in [-0.25, -0.2) is 0 Å². The Kier molecular flexibility index (Phi) is 4.75. The smallest absolute Gasteiger partial charge is 0.306 e. The molecule has 0 aliphatic carbocycles. The lowest BCUT2D eigenvalue weighted by molar-refractivity contribution is -0.142. The average molecular weight is 308 g/mol. The number of rotatable bonds is 4. The van der Waals surface area contributed by atoms with Crippen molar-refractivity contribution in [2.75, 3.05) is 31.6 Å². The first kappa shape index (κ1) is 15.1. The second-order valence-corrected chi connectivity index (χ2v) is 8.19. The number of carboxylic acid groups (broad SMARTS) is 1. The highest BCUT2D eigenvalue weighted by Crippen LogP contribution is 2.26. The average Bonchev–Trinajstić information content (AvgIpc) is 2.91. The summed E-state index contributed by atoms with van der Waals surface area (Å²) in [6.45, 7) is 0.618. The molecule has 6 nitrogen and oxygen atoms in total. The monoisotopic (exact) mass is 308 g/mol. The zero-order valence-corrected chi connectivity index (χ0v) is 12.6. The van der Waals surface area contributed by atoms with E-state index in [2.05, 4.69) is 0 Å². The molecule has 2 fully saturated rings. The van der Waals surface area contributed by atoms with E-state index in [1.165, 1.54) is 8.61 Å². The molecular formula is C11H20N2O4S2. The summed E-state index contributed by atoms with van der Waals surface area (Å²) in [4.78, 5) is 10.9. The fraction of sp³-hybridized carbons (Fsp3) is 0.909. The summed E-state index contributed by atoms with van der Waals surface area (Å²) in [6, 6.07) is 0.0761. The number of piperidine rings is 1. The fourth-order valence-corrected chi connectivity index (χ4v) is 5.47. The topological polar surface area (TPSA) is 77.9 Å². The van der Waals surface area contributed by atoms with Crippen molar-refractivity contribution in [3.05, 3.63) is 0 Å². The van der Waals surface area contributed by atoms with E-state index in [0.717, 1.165) is 17.9 Å². The molecule has 0 radical (unpaired) electrons. The predicted octanol–water partition coefficient (Wildman–Crippen LogP) is 0.465. The van der Waals surface area contributed by atoms with Gasteiger partial charge in [0, 0.05) is 31.9 Å². The minimum Gasteiger partial charge on any atom is -0.481 e. The van der Waals surface area contributed by atoms with Gasteiger partial charge >= 0.3 is 5.97 Å². The molecule has 0 aromatic heterocycles. The first-order valence-corrected chi connectivity index (χ1v) is 9.01. The van der Waals surface area contributed by atoms with Crippen molar-refractivity contribution in [2.45, 2.75) is 25.3 Å². The van der Waals surface area contributed by atoms with E-state index in [-0.39, 0.29) is 6.04 Å². The lowest BCUT2D eigenvalue weighted by Gasteiger charge is -2.34. The molecule has 1 N–H and O–H groups in total. The molecule has 0 aromatic carbocycles. The Bertz CT molecular complexity index is 426. The normalized spacial score (nSPS) is 26.9. The van der Waals surface area contributed by atoms with Crippen LogP contribution in [-0.4, -0.2) is 65.8 Å². The summed E-state index contributed by atoms with van der Waals surface area (Å²) in [5.41, 5.74) is 0. The van der Waals surface area contributed by atoms with Crippen LogP contribution in [0.3, 0.4) is 0 Å². The third-order valence-corrected chi connectivity index (χ3v) is 7.10. The number of carboxylic acids is 1. The van der Waals surface area contributed by atoms with E-state index in [1.54, 1.807) is 18.8 Å². The number of nitrogens with zero attached hydrogens (tertiary/aromatic N) is 2. The summed E-state index contributed by atoms with van der Waals surface area (Å²) in [5, 5.41) is 8.93. The highest BCUT2D eigenvalue weighted by atomic mass is 32.2. The minimum atomic E-state index is -3.43. The summed E-state index contributed by atoms with van der Waals surface area (Å²) < 4.78 is 27.8. The zero-order chi connectivity index (χ0) is 14.0. The second kappa shape index (κ2) is 5.99. The first-order chi connectivity index (χ1) is 8.93. The van der Waals surface area contributed by atoms with Crippen molar-refractivity contribution in [3.63, 3.8) is 0 Å². The van der Waals surface area contributed by atoms with Crippen LogP contribution in [0.2, 0.25) is 0 Å². The Morgan fingerprint density at radius 3 is 2.42 bits per heavy atom. The van der Waals surface area contributed by atoms with Gasteiger partial charge in [0.25, 0.3) is 10.2 Å². The summed E-state index contributed by atoms with van der Waals surface area (Å²) in [5.74, 6) is 0.629. The molecule has 2 rings (SSSR count). The molecule has 0 bridgehead atoms. The van der Waals surface area contributed by atoms with Crippen LogP contribution in [0.4, 0.5) is 0 Å². The maximum Gasteiger partial charge on any atom is 0.306 e. The van der Waals surface area contributed by atoms with Crippen molar-refractivity contribution in [1.29, 1.82) is 0 Å². The Morgan fingerprint density at radius 2 is 1.95 bits per heavy atom. The van der Waals surface area contributed by atoms with Crippen LogP contribution in [0.15, 0.2) is 0 Å². The van der Waals surface area contributed by atoms with Crippen molar-refractivity contribution in [2.24, 2.45) is 5.92 Å². The molecule has 2 saturated heterocycles. The molecule has 2 heterocycles. The highest BCUT2D eigenvalue weighted by Gasteiger charge is 2.36. The SMILES string of the molecule is CN(C1CCSC1)S(=O)(=O)N1CCC(C(=O)O)CC1. The van der Waals surface area contributed by atoms with Gasteiger partial charge in [0.15, 0.2) is 0 Å². The molecule has 19 heavy (non-hydrogen) atoms. The van der Waals surface area contributed by atoms with Gasteiger partial charge in [-0.1, -0.05) is 0 Å². The lowest BCUT2D eigenvalue weighted by atomic mass is 9.99. The molecule has 0 saturated carbocycles. The predicted molar refractivity (Wildman–Crippen MR) is 74.3 cm³/mol. The van der Waals surface area contributed by atoms with Crippen LogP contribution in [0.25, 0.3) is 0 Å². The van der Waals surface area contributed by atoms with E-state index < -0.39 is 22.1 Å². The van der Waals surface area contributed by atoms with E-state index in [4.69, 9.17) is 5.11 Å². The molecule has 1 unspecified atom stereocenters. The van der Waals surface area contributed by atoms with Gasteiger partial charge in [0.2, 0.25) is 0 Å². The van der Waals surface area contributed by atoms with E-state index in [0.29, 0.717) is 25.9 Å². The van der Waals surface area contributed by atoms with Crippen molar-refractivity contribution < 1.29 is 18.3 Å². The first-order valence-electron chi connectivity index (χ1n) is 6.46. The third kappa shape index (κ3) is 3.24. The molecule has 2 aliphatic rings. The molecule has 0 amide bonds. The molecule has 2 aliphatic heterocycles. The van der Waals surface area contributed by atoms with Crippen molar-refractivity contribution >= 4 is 27.9 Å². The van der Waals surface area contributed by atoms with Gasteiger partial charge in [0.1, 0.15) is 0 Å².